The maximum Gasteiger partial charge on any atom is 0.220 e. The lowest BCUT2D eigenvalue weighted by Gasteiger charge is -2.16. The van der Waals surface area contributed by atoms with Crippen LogP contribution in [0.5, 0.6) is 5.75 Å². The van der Waals surface area contributed by atoms with Crippen molar-refractivity contribution < 1.29 is 9.66 Å². The molecule has 8 nitrogen and oxygen atoms in total. The third-order valence-corrected chi connectivity index (χ3v) is 7.43. The third-order valence-electron chi connectivity index (χ3n) is 5.96. The molecule has 4 aromatic rings. The number of aromatic nitrogens is 3. The van der Waals surface area contributed by atoms with Gasteiger partial charge in [0.1, 0.15) is 23.4 Å². The highest BCUT2D eigenvalue weighted by Gasteiger charge is 2.25. The maximum absolute atomic E-state index is 11.6. The largest absolute Gasteiger partial charge is 0.487 e. The molecule has 1 atom stereocenters. The molecule has 1 heterocycles. The van der Waals surface area contributed by atoms with Gasteiger partial charge in [-0.3, -0.25) is 14.7 Å². The molecule has 37 heavy (non-hydrogen) atoms. The molecule has 0 saturated heterocycles. The van der Waals surface area contributed by atoms with Crippen molar-refractivity contribution in [2.45, 2.75) is 37.8 Å². The molecule has 4 rings (SSSR count). The van der Waals surface area contributed by atoms with Crippen molar-refractivity contribution in [3.63, 3.8) is 0 Å². The Morgan fingerprint density at radius 2 is 1.89 bits per heavy atom. The first-order valence-electron chi connectivity index (χ1n) is 11.4. The topological polar surface area (TPSA) is 107 Å². The Morgan fingerprint density at radius 1 is 1.11 bits per heavy atom. The average molecular weight is 534 g/mol. The number of nitro groups is 1. The number of hydrogen-bond acceptors (Lipinski definition) is 7. The van der Waals surface area contributed by atoms with Crippen molar-refractivity contribution in [1.82, 2.24) is 14.8 Å². The Bertz CT molecular complexity index is 1500. The van der Waals surface area contributed by atoms with Crippen molar-refractivity contribution in [3.8, 4) is 17.5 Å². The Hall–Kier alpha value is -3.87. The predicted octanol–water partition coefficient (Wildman–Crippen LogP) is 6.41. The predicted molar refractivity (Wildman–Crippen MR) is 143 cm³/mol. The zero-order chi connectivity index (χ0) is 26.5. The number of rotatable bonds is 9. The van der Waals surface area contributed by atoms with Gasteiger partial charge in [0.25, 0.3) is 0 Å². The van der Waals surface area contributed by atoms with Gasteiger partial charge in [-0.25, -0.2) is 0 Å². The van der Waals surface area contributed by atoms with Crippen LogP contribution in [0.25, 0.3) is 5.69 Å². The Kier molecular flexibility index (Phi) is 8.11. The van der Waals surface area contributed by atoms with Crippen LogP contribution in [0, 0.1) is 42.2 Å². The van der Waals surface area contributed by atoms with Gasteiger partial charge in [0.15, 0.2) is 5.16 Å². The normalized spacial score (nSPS) is 11.6. The number of nitriles is 1. The Labute approximate surface area is 224 Å². The summed E-state index contributed by atoms with van der Waals surface area (Å²) in [7, 11) is 0. The SMILES string of the molecule is Cc1ccc(-n2c(C)nnc2S[C@@H](C[N+](=O)[O-])c2ccc(OCc3ccccc3C#N)c(Cl)c2)cc1C. The average Bonchev–Trinajstić information content (AvgIpc) is 3.24. The fraction of sp³-hybridized carbons (Fsp3) is 0.222. The van der Waals surface area contributed by atoms with Gasteiger partial charge in [-0.1, -0.05) is 53.7 Å². The van der Waals surface area contributed by atoms with Crippen LogP contribution in [-0.4, -0.2) is 26.2 Å². The number of aryl methyl sites for hydroxylation is 3. The standard InChI is InChI=1S/C27H24ClN5O3S/c1-17-8-10-23(12-18(17)2)33-19(3)30-31-27(33)37-26(15-32(34)35)20-9-11-25(24(28)13-20)36-16-22-7-5-4-6-21(22)14-29/h4-13,26H,15-16H2,1-3H3/t26-/m0/s1. The molecule has 3 aromatic carbocycles. The Balaban J connectivity index is 1.59. The zero-order valence-corrected chi connectivity index (χ0v) is 22.1. The number of ether oxygens (including phenoxy) is 1. The van der Waals surface area contributed by atoms with E-state index < -0.39 is 5.25 Å². The van der Waals surface area contributed by atoms with Crippen molar-refractivity contribution >= 4 is 23.4 Å². The van der Waals surface area contributed by atoms with Gasteiger partial charge in [0.05, 0.1) is 16.7 Å². The van der Waals surface area contributed by atoms with Crippen LogP contribution < -0.4 is 4.74 Å². The van der Waals surface area contributed by atoms with Crippen LogP contribution in [0.2, 0.25) is 5.02 Å². The summed E-state index contributed by atoms with van der Waals surface area (Å²) in [6.45, 7) is 5.78. The molecule has 0 fully saturated rings. The molecule has 0 aliphatic carbocycles. The highest BCUT2D eigenvalue weighted by molar-refractivity contribution is 7.99. The molecule has 0 N–H and O–H groups in total. The summed E-state index contributed by atoms with van der Waals surface area (Å²) in [4.78, 5) is 11.2. The summed E-state index contributed by atoms with van der Waals surface area (Å²) in [5, 5.41) is 29.7. The van der Waals surface area contributed by atoms with Crippen molar-refractivity contribution in [1.29, 1.82) is 5.26 Å². The van der Waals surface area contributed by atoms with E-state index in [0.717, 1.165) is 16.8 Å². The maximum atomic E-state index is 11.6. The molecule has 0 radical (unpaired) electrons. The summed E-state index contributed by atoms with van der Waals surface area (Å²) in [5.41, 5.74) is 5.14. The lowest BCUT2D eigenvalue weighted by molar-refractivity contribution is -0.479. The summed E-state index contributed by atoms with van der Waals surface area (Å²) in [5.74, 6) is 1.11. The zero-order valence-electron chi connectivity index (χ0n) is 20.5. The molecule has 188 valence electrons. The van der Waals surface area contributed by atoms with Gasteiger partial charge in [0.2, 0.25) is 6.54 Å². The van der Waals surface area contributed by atoms with Gasteiger partial charge in [-0.2, -0.15) is 5.26 Å². The fourth-order valence-electron chi connectivity index (χ4n) is 3.80. The number of halogens is 1. The number of benzene rings is 3. The minimum atomic E-state index is -0.560. The van der Waals surface area contributed by atoms with E-state index in [0.29, 0.717) is 32.9 Å². The molecule has 0 bridgehead atoms. The molecule has 0 saturated carbocycles. The number of nitrogens with zero attached hydrogens (tertiary/aromatic N) is 5. The molecule has 1 aromatic heterocycles. The van der Waals surface area contributed by atoms with E-state index in [1.54, 1.807) is 30.3 Å². The second-order valence-corrected chi connectivity index (χ2v) is 10.1. The molecule has 0 amide bonds. The Morgan fingerprint density at radius 3 is 2.59 bits per heavy atom. The molecule has 10 heteroatoms. The van der Waals surface area contributed by atoms with E-state index >= 15 is 0 Å². The highest BCUT2D eigenvalue weighted by Crippen LogP contribution is 2.39. The molecule has 0 unspecified atom stereocenters. The van der Waals surface area contributed by atoms with Gasteiger partial charge in [0, 0.05) is 16.2 Å². The van der Waals surface area contributed by atoms with Crippen LogP contribution in [-0.2, 0) is 6.61 Å². The van der Waals surface area contributed by atoms with Crippen LogP contribution in [0.4, 0.5) is 0 Å². The summed E-state index contributed by atoms with van der Waals surface area (Å²) >= 11 is 7.78. The lowest BCUT2D eigenvalue weighted by atomic mass is 10.1. The second-order valence-electron chi connectivity index (χ2n) is 8.50. The molecular weight excluding hydrogens is 510 g/mol. The number of hydrogen-bond donors (Lipinski definition) is 0. The van der Waals surface area contributed by atoms with Gasteiger partial charge >= 0.3 is 0 Å². The van der Waals surface area contributed by atoms with Crippen LogP contribution >= 0.6 is 23.4 Å². The molecule has 0 spiro atoms. The van der Waals surface area contributed by atoms with Crippen LogP contribution in [0.15, 0.2) is 65.8 Å². The number of thioether (sulfide) groups is 1. The second kappa shape index (κ2) is 11.5. The quantitative estimate of drug-likeness (QED) is 0.139. The van der Waals surface area contributed by atoms with E-state index in [2.05, 4.69) is 16.3 Å². The third kappa shape index (κ3) is 6.10. The smallest absolute Gasteiger partial charge is 0.220 e. The molecule has 0 aliphatic heterocycles. The summed E-state index contributed by atoms with van der Waals surface area (Å²) < 4.78 is 7.75. The van der Waals surface area contributed by atoms with E-state index in [4.69, 9.17) is 16.3 Å². The monoisotopic (exact) mass is 533 g/mol. The first kappa shape index (κ1) is 26.2. The van der Waals surface area contributed by atoms with Crippen molar-refractivity contribution in [2.24, 2.45) is 0 Å². The lowest BCUT2D eigenvalue weighted by Crippen LogP contribution is -2.11. The van der Waals surface area contributed by atoms with Gasteiger partial charge < -0.3 is 4.74 Å². The van der Waals surface area contributed by atoms with Crippen LogP contribution in [0.1, 0.15) is 38.9 Å². The first-order chi connectivity index (χ1) is 17.8. The van der Waals surface area contributed by atoms with Gasteiger partial charge in [-0.15, -0.1) is 10.2 Å². The first-order valence-corrected chi connectivity index (χ1v) is 12.7. The minimum Gasteiger partial charge on any atom is -0.487 e. The van der Waals surface area contributed by atoms with Crippen molar-refractivity contribution in [2.75, 3.05) is 6.54 Å². The molecule has 0 aliphatic rings. The summed E-state index contributed by atoms with van der Waals surface area (Å²) in [6.07, 6.45) is 0. The van der Waals surface area contributed by atoms with E-state index in [9.17, 15) is 15.4 Å². The van der Waals surface area contributed by atoms with E-state index in [1.807, 2.05) is 55.7 Å². The molecular formula is C27H24ClN5O3S. The van der Waals surface area contributed by atoms with E-state index in [-0.39, 0.29) is 18.1 Å². The fourth-order valence-corrected chi connectivity index (χ4v) is 5.21. The van der Waals surface area contributed by atoms with Crippen molar-refractivity contribution in [3.05, 3.63) is 109 Å². The van der Waals surface area contributed by atoms with Gasteiger partial charge in [-0.05, 0) is 67.8 Å². The summed E-state index contributed by atoms with van der Waals surface area (Å²) in [6, 6.07) is 20.5. The van der Waals surface area contributed by atoms with E-state index in [1.165, 1.54) is 17.3 Å². The highest BCUT2D eigenvalue weighted by atomic mass is 35.5. The van der Waals surface area contributed by atoms with Crippen LogP contribution in [0.3, 0.4) is 0 Å². The minimum absolute atomic E-state index is 0.175.